The summed E-state index contributed by atoms with van der Waals surface area (Å²) >= 11 is 0. The summed E-state index contributed by atoms with van der Waals surface area (Å²) in [4.78, 5) is 27.0. The lowest BCUT2D eigenvalue weighted by Crippen LogP contribution is -2.49. The van der Waals surface area contributed by atoms with Crippen molar-refractivity contribution in [2.45, 2.75) is 38.3 Å². The van der Waals surface area contributed by atoms with Gasteiger partial charge in [-0.15, -0.1) is 0 Å². The van der Waals surface area contributed by atoms with Gasteiger partial charge in [-0.25, -0.2) is 4.79 Å². The Morgan fingerprint density at radius 1 is 1.09 bits per heavy atom. The van der Waals surface area contributed by atoms with Crippen LogP contribution >= 0.6 is 0 Å². The highest BCUT2D eigenvalue weighted by molar-refractivity contribution is 5.94. The lowest BCUT2D eigenvalue weighted by molar-refractivity contribution is -0.149. The summed E-state index contributed by atoms with van der Waals surface area (Å²) in [5, 5.41) is 11.4. The SMILES string of the molecule is CCN(CC)C(=O)c1ccc(C2(c3cccc(NC(=O)O)c3)CCCN(CC(F)(F)F)C2)cc1. The van der Waals surface area contributed by atoms with Crippen molar-refractivity contribution >= 4 is 17.7 Å². The van der Waals surface area contributed by atoms with E-state index in [1.807, 2.05) is 32.0 Å². The second-order valence-corrected chi connectivity index (χ2v) is 8.58. The van der Waals surface area contributed by atoms with Crippen LogP contribution in [0.25, 0.3) is 0 Å². The molecule has 9 heteroatoms. The minimum absolute atomic E-state index is 0.0967. The van der Waals surface area contributed by atoms with E-state index in [4.69, 9.17) is 5.11 Å². The zero-order chi connectivity index (χ0) is 24.9. The number of piperidine rings is 1. The number of anilines is 1. The lowest BCUT2D eigenvalue weighted by atomic mass is 9.69. The van der Waals surface area contributed by atoms with Crippen molar-refractivity contribution < 1.29 is 27.9 Å². The Morgan fingerprint density at radius 2 is 1.76 bits per heavy atom. The van der Waals surface area contributed by atoms with Crippen LogP contribution in [0.15, 0.2) is 48.5 Å². The predicted molar refractivity (Wildman–Crippen MR) is 124 cm³/mol. The summed E-state index contributed by atoms with van der Waals surface area (Å²) in [6.45, 7) is 4.41. The first-order chi connectivity index (χ1) is 16.1. The van der Waals surface area contributed by atoms with Crippen LogP contribution in [-0.2, 0) is 5.41 Å². The van der Waals surface area contributed by atoms with Gasteiger partial charge in [0.2, 0.25) is 0 Å². The molecule has 2 N–H and O–H groups in total. The van der Waals surface area contributed by atoms with Gasteiger partial charge in [0.05, 0.1) is 6.54 Å². The Kier molecular flexibility index (Phi) is 7.86. The Hall–Kier alpha value is -3.07. The predicted octanol–water partition coefficient (Wildman–Crippen LogP) is 5.20. The molecule has 34 heavy (non-hydrogen) atoms. The second kappa shape index (κ2) is 10.5. The van der Waals surface area contributed by atoms with E-state index in [-0.39, 0.29) is 12.5 Å². The minimum atomic E-state index is -4.32. The molecule has 2 aromatic carbocycles. The number of hydrogen-bond acceptors (Lipinski definition) is 3. The molecule has 184 valence electrons. The largest absolute Gasteiger partial charge is 0.465 e. The van der Waals surface area contributed by atoms with Gasteiger partial charge in [0.25, 0.3) is 5.91 Å². The van der Waals surface area contributed by atoms with E-state index in [1.54, 1.807) is 35.2 Å². The first kappa shape index (κ1) is 25.6. The summed E-state index contributed by atoms with van der Waals surface area (Å²) in [5.74, 6) is -0.0967. The fourth-order valence-corrected chi connectivity index (χ4v) is 4.81. The lowest BCUT2D eigenvalue weighted by Gasteiger charge is -2.44. The highest BCUT2D eigenvalue weighted by Crippen LogP contribution is 2.42. The molecule has 1 saturated heterocycles. The third kappa shape index (κ3) is 5.88. The highest BCUT2D eigenvalue weighted by Gasteiger charge is 2.42. The van der Waals surface area contributed by atoms with Crippen molar-refractivity contribution in [3.8, 4) is 0 Å². The third-order valence-corrected chi connectivity index (χ3v) is 6.38. The average Bonchev–Trinajstić information content (AvgIpc) is 2.78. The Bertz CT molecular complexity index is 1010. The molecule has 0 bridgehead atoms. The fraction of sp³-hybridized carbons (Fsp3) is 0.440. The van der Waals surface area contributed by atoms with Crippen molar-refractivity contribution in [1.29, 1.82) is 0 Å². The van der Waals surface area contributed by atoms with Crippen molar-refractivity contribution in [3.63, 3.8) is 0 Å². The molecule has 1 unspecified atom stereocenters. The zero-order valence-corrected chi connectivity index (χ0v) is 19.4. The summed E-state index contributed by atoms with van der Waals surface area (Å²) in [6.07, 6.45) is -4.39. The van der Waals surface area contributed by atoms with Crippen molar-refractivity contribution in [1.82, 2.24) is 9.80 Å². The average molecular weight is 478 g/mol. The monoisotopic (exact) mass is 477 g/mol. The van der Waals surface area contributed by atoms with Gasteiger partial charge in [-0.1, -0.05) is 24.3 Å². The number of halogens is 3. The molecular formula is C25H30F3N3O3. The molecular weight excluding hydrogens is 447 g/mol. The maximum absolute atomic E-state index is 13.2. The standard InChI is InChI=1S/C25H30F3N3O3/c1-3-31(4-2)22(32)18-9-11-19(12-10-18)24(13-6-14-30(16-24)17-25(26,27)28)20-7-5-8-21(15-20)29-23(33)34/h5,7-12,15,29H,3-4,6,13-14,16-17H2,1-2H3,(H,33,34). The highest BCUT2D eigenvalue weighted by atomic mass is 19.4. The Labute approximate surface area is 197 Å². The summed E-state index contributed by atoms with van der Waals surface area (Å²) in [7, 11) is 0. The number of amides is 2. The number of alkyl halides is 3. The first-order valence-corrected chi connectivity index (χ1v) is 11.4. The molecule has 0 aliphatic carbocycles. The van der Waals surface area contributed by atoms with E-state index < -0.39 is 24.2 Å². The van der Waals surface area contributed by atoms with Crippen LogP contribution in [0.2, 0.25) is 0 Å². The molecule has 1 aliphatic rings. The van der Waals surface area contributed by atoms with Crippen molar-refractivity contribution in [3.05, 3.63) is 65.2 Å². The molecule has 0 spiro atoms. The van der Waals surface area contributed by atoms with Crippen LogP contribution in [0.5, 0.6) is 0 Å². The molecule has 0 radical (unpaired) electrons. The quantitative estimate of drug-likeness (QED) is 0.575. The number of nitrogens with one attached hydrogen (secondary N) is 1. The van der Waals surface area contributed by atoms with Gasteiger partial charge in [0.15, 0.2) is 0 Å². The van der Waals surface area contributed by atoms with E-state index in [2.05, 4.69) is 5.32 Å². The van der Waals surface area contributed by atoms with Crippen LogP contribution in [0.4, 0.5) is 23.7 Å². The molecule has 1 fully saturated rings. The van der Waals surface area contributed by atoms with Crippen molar-refractivity contribution in [2.24, 2.45) is 0 Å². The number of hydrogen-bond donors (Lipinski definition) is 2. The van der Waals surface area contributed by atoms with Crippen LogP contribution in [-0.4, -0.2) is 65.8 Å². The number of rotatable bonds is 7. The van der Waals surface area contributed by atoms with Crippen molar-refractivity contribution in [2.75, 3.05) is 38.0 Å². The topological polar surface area (TPSA) is 72.9 Å². The fourth-order valence-electron chi connectivity index (χ4n) is 4.81. The maximum atomic E-state index is 13.2. The molecule has 2 aromatic rings. The molecule has 6 nitrogen and oxygen atoms in total. The van der Waals surface area contributed by atoms with Gasteiger partial charge < -0.3 is 10.0 Å². The Morgan fingerprint density at radius 3 is 2.35 bits per heavy atom. The van der Waals surface area contributed by atoms with E-state index >= 15 is 0 Å². The molecule has 0 aromatic heterocycles. The van der Waals surface area contributed by atoms with E-state index in [0.29, 0.717) is 43.7 Å². The number of carboxylic acid groups (broad SMARTS) is 1. The summed E-state index contributed by atoms with van der Waals surface area (Å²) < 4.78 is 39.7. The van der Waals surface area contributed by atoms with Crippen LogP contribution in [0.1, 0.15) is 48.2 Å². The number of carbonyl (C=O) groups is 2. The first-order valence-electron chi connectivity index (χ1n) is 11.4. The Balaban J connectivity index is 2.04. The summed E-state index contributed by atoms with van der Waals surface area (Å²) in [6, 6.07) is 13.9. The smallest absolute Gasteiger partial charge is 0.409 e. The number of likely N-dealkylation sites (tertiary alicyclic amines) is 1. The number of benzene rings is 2. The van der Waals surface area contributed by atoms with Gasteiger partial charge >= 0.3 is 12.3 Å². The molecule has 0 saturated carbocycles. The van der Waals surface area contributed by atoms with Gasteiger partial charge in [0.1, 0.15) is 0 Å². The van der Waals surface area contributed by atoms with Crippen LogP contribution < -0.4 is 5.32 Å². The molecule has 2 amide bonds. The van der Waals surface area contributed by atoms with Gasteiger partial charge in [-0.2, -0.15) is 13.2 Å². The van der Waals surface area contributed by atoms with Gasteiger partial charge in [-0.05, 0) is 68.6 Å². The molecule has 3 rings (SSSR count). The van der Waals surface area contributed by atoms with E-state index in [1.165, 1.54) is 4.90 Å². The maximum Gasteiger partial charge on any atom is 0.409 e. The van der Waals surface area contributed by atoms with Gasteiger partial charge in [0, 0.05) is 36.3 Å². The van der Waals surface area contributed by atoms with Gasteiger partial charge in [-0.3, -0.25) is 15.0 Å². The number of carbonyl (C=O) groups excluding carboxylic acids is 1. The molecule has 1 aliphatic heterocycles. The number of nitrogens with zero attached hydrogens (tertiary/aromatic N) is 2. The summed E-state index contributed by atoms with van der Waals surface area (Å²) in [5.41, 5.74) is 1.62. The van der Waals surface area contributed by atoms with Crippen LogP contribution in [0.3, 0.4) is 0 Å². The molecule has 1 atom stereocenters. The molecule has 1 heterocycles. The van der Waals surface area contributed by atoms with Crippen LogP contribution in [0, 0.1) is 0 Å². The normalized spacial score (nSPS) is 19.0. The zero-order valence-electron chi connectivity index (χ0n) is 19.4. The third-order valence-electron chi connectivity index (χ3n) is 6.38. The second-order valence-electron chi connectivity index (χ2n) is 8.58. The van der Waals surface area contributed by atoms with E-state index in [0.717, 1.165) is 11.1 Å². The van der Waals surface area contributed by atoms with E-state index in [9.17, 15) is 22.8 Å². The minimum Gasteiger partial charge on any atom is -0.465 e.